The van der Waals surface area contributed by atoms with E-state index in [9.17, 15) is 14.7 Å². The minimum atomic E-state index is -0.950. The highest BCUT2D eigenvalue weighted by molar-refractivity contribution is 5.88. The molecule has 0 bridgehead atoms. The van der Waals surface area contributed by atoms with Gasteiger partial charge in [0.2, 0.25) is 0 Å². The van der Waals surface area contributed by atoms with Gasteiger partial charge in [0.25, 0.3) is 0 Å². The average molecular weight is 332 g/mol. The molecule has 0 unspecified atom stereocenters. The second kappa shape index (κ2) is 7.38. The number of hydrogen-bond donors (Lipinski definition) is 2. The smallest absolute Gasteiger partial charge is 0.410 e. The molecule has 0 atom stereocenters. The summed E-state index contributed by atoms with van der Waals surface area (Å²) in [5.74, 6) is -0.950. The molecule has 1 aliphatic heterocycles. The van der Waals surface area contributed by atoms with E-state index in [1.165, 1.54) is 4.90 Å². The maximum Gasteiger partial charge on any atom is 0.410 e. The normalized spacial score (nSPS) is 15.2. The molecule has 0 fully saturated rings. The van der Waals surface area contributed by atoms with Crippen molar-refractivity contribution >= 4 is 12.1 Å². The molecule has 0 aliphatic carbocycles. The van der Waals surface area contributed by atoms with Crippen LogP contribution in [-0.2, 0) is 16.1 Å². The van der Waals surface area contributed by atoms with Crippen LogP contribution in [0.3, 0.4) is 0 Å². The van der Waals surface area contributed by atoms with Crippen molar-refractivity contribution in [2.24, 2.45) is 0 Å². The maximum atomic E-state index is 12.2. The molecule has 0 saturated heterocycles. The number of benzene rings is 1. The highest BCUT2D eigenvalue weighted by Crippen LogP contribution is 2.19. The Bertz CT molecular complexity index is 632. The Morgan fingerprint density at radius 2 is 1.92 bits per heavy atom. The first kappa shape index (κ1) is 17.8. The number of amides is 1. The fraction of sp³-hybridized carbons (Fsp3) is 0.444. The highest BCUT2D eigenvalue weighted by atomic mass is 16.6. The van der Waals surface area contributed by atoms with E-state index >= 15 is 0 Å². The van der Waals surface area contributed by atoms with E-state index in [2.05, 4.69) is 5.32 Å². The van der Waals surface area contributed by atoms with Crippen LogP contribution in [0.2, 0.25) is 0 Å². The van der Waals surface area contributed by atoms with Crippen molar-refractivity contribution in [1.82, 2.24) is 10.2 Å². The lowest BCUT2D eigenvalue weighted by molar-refractivity contribution is -0.133. The molecule has 1 aliphatic rings. The van der Waals surface area contributed by atoms with Gasteiger partial charge in [0.15, 0.2) is 0 Å². The molecule has 6 heteroatoms. The molecule has 0 spiro atoms. The number of carboxylic acid groups (broad SMARTS) is 1. The summed E-state index contributed by atoms with van der Waals surface area (Å²) in [4.78, 5) is 25.2. The second-order valence-electron chi connectivity index (χ2n) is 6.75. The molecule has 0 radical (unpaired) electrons. The van der Waals surface area contributed by atoms with Crippen molar-refractivity contribution in [2.45, 2.75) is 39.3 Å². The average Bonchev–Trinajstić information content (AvgIpc) is 2.52. The summed E-state index contributed by atoms with van der Waals surface area (Å²) < 4.78 is 5.37. The van der Waals surface area contributed by atoms with E-state index in [0.29, 0.717) is 30.8 Å². The standard InChI is InChI=1S/C18H24N2O4/c1-18(2,3)24-17(23)20-10-9-14(16(21)22)15(12-20)19-11-13-7-5-4-6-8-13/h4-8,19H,9-12H2,1-3H3,(H,21,22). The number of rotatable bonds is 4. The fourth-order valence-electron chi connectivity index (χ4n) is 2.45. The summed E-state index contributed by atoms with van der Waals surface area (Å²) in [5, 5.41) is 12.6. The highest BCUT2D eigenvalue weighted by Gasteiger charge is 2.29. The summed E-state index contributed by atoms with van der Waals surface area (Å²) >= 11 is 0. The number of carboxylic acids is 1. The number of hydrogen-bond acceptors (Lipinski definition) is 4. The van der Waals surface area contributed by atoms with Crippen LogP contribution >= 0.6 is 0 Å². The predicted octanol–water partition coefficient (Wildman–Crippen LogP) is 2.76. The van der Waals surface area contributed by atoms with Crippen molar-refractivity contribution < 1.29 is 19.4 Å². The first-order valence-electron chi connectivity index (χ1n) is 7.97. The van der Waals surface area contributed by atoms with Crippen LogP contribution in [0, 0.1) is 0 Å². The molecule has 6 nitrogen and oxygen atoms in total. The van der Waals surface area contributed by atoms with Crippen molar-refractivity contribution in [3.8, 4) is 0 Å². The van der Waals surface area contributed by atoms with Gasteiger partial charge in [-0.25, -0.2) is 9.59 Å². The summed E-state index contributed by atoms with van der Waals surface area (Å²) in [6, 6.07) is 9.70. The lowest BCUT2D eigenvalue weighted by atomic mass is 10.1. The molecule has 1 heterocycles. The summed E-state index contributed by atoms with van der Waals surface area (Å²) in [6.07, 6.45) is -0.128. The lowest BCUT2D eigenvalue weighted by Crippen LogP contribution is -2.43. The Balaban J connectivity index is 2.08. The fourth-order valence-corrected chi connectivity index (χ4v) is 2.45. The zero-order valence-electron chi connectivity index (χ0n) is 14.3. The maximum absolute atomic E-state index is 12.2. The first-order chi connectivity index (χ1) is 11.3. The first-order valence-corrected chi connectivity index (χ1v) is 7.97. The van der Waals surface area contributed by atoms with Crippen LogP contribution in [0.15, 0.2) is 41.6 Å². The van der Waals surface area contributed by atoms with Gasteiger partial charge >= 0.3 is 12.1 Å². The number of aliphatic carboxylic acids is 1. The minimum Gasteiger partial charge on any atom is -0.478 e. The monoisotopic (exact) mass is 332 g/mol. The Morgan fingerprint density at radius 1 is 1.25 bits per heavy atom. The number of nitrogens with zero attached hydrogens (tertiary/aromatic N) is 1. The third-order valence-corrected chi connectivity index (χ3v) is 3.60. The van der Waals surface area contributed by atoms with Gasteiger partial charge in [-0.05, 0) is 32.8 Å². The van der Waals surface area contributed by atoms with Crippen LogP contribution in [0.5, 0.6) is 0 Å². The van der Waals surface area contributed by atoms with Gasteiger partial charge in [0.1, 0.15) is 5.60 Å². The molecule has 24 heavy (non-hydrogen) atoms. The third kappa shape index (κ3) is 5.01. The van der Waals surface area contributed by atoms with E-state index in [0.717, 1.165) is 5.56 Å². The van der Waals surface area contributed by atoms with Gasteiger partial charge in [0.05, 0.1) is 12.1 Å². The SMILES string of the molecule is CC(C)(C)OC(=O)N1CCC(C(=O)O)=C(NCc2ccccc2)C1. The third-order valence-electron chi connectivity index (χ3n) is 3.60. The quantitative estimate of drug-likeness (QED) is 0.886. The summed E-state index contributed by atoms with van der Waals surface area (Å²) in [7, 11) is 0. The van der Waals surface area contributed by atoms with Crippen LogP contribution < -0.4 is 5.32 Å². The van der Waals surface area contributed by atoms with E-state index in [-0.39, 0.29) is 6.54 Å². The van der Waals surface area contributed by atoms with Crippen LogP contribution in [0.25, 0.3) is 0 Å². The second-order valence-corrected chi connectivity index (χ2v) is 6.75. The zero-order chi connectivity index (χ0) is 17.7. The van der Waals surface area contributed by atoms with Gasteiger partial charge in [-0.2, -0.15) is 0 Å². The van der Waals surface area contributed by atoms with Gasteiger partial charge in [-0.1, -0.05) is 30.3 Å². The number of nitrogens with one attached hydrogen (secondary N) is 1. The Labute approximate surface area is 142 Å². The minimum absolute atomic E-state index is 0.212. The van der Waals surface area contributed by atoms with E-state index in [4.69, 9.17) is 4.74 Å². The van der Waals surface area contributed by atoms with Gasteiger partial charge in [-0.3, -0.25) is 0 Å². The molecular formula is C18H24N2O4. The van der Waals surface area contributed by atoms with Crippen LogP contribution in [0.1, 0.15) is 32.8 Å². The largest absolute Gasteiger partial charge is 0.478 e. The summed E-state index contributed by atoms with van der Waals surface area (Å²) in [6.45, 7) is 6.48. The molecule has 2 rings (SSSR count). The van der Waals surface area contributed by atoms with Crippen LogP contribution in [0.4, 0.5) is 4.79 Å². The number of carbonyl (C=O) groups is 2. The Hall–Kier alpha value is -2.50. The molecule has 130 valence electrons. The molecule has 0 saturated carbocycles. The van der Waals surface area contributed by atoms with Crippen molar-refractivity contribution in [3.05, 3.63) is 47.2 Å². The Kier molecular flexibility index (Phi) is 5.49. The zero-order valence-corrected chi connectivity index (χ0v) is 14.3. The molecule has 2 N–H and O–H groups in total. The Morgan fingerprint density at radius 3 is 2.50 bits per heavy atom. The molecule has 1 aromatic carbocycles. The van der Waals surface area contributed by atoms with Crippen molar-refractivity contribution in [3.63, 3.8) is 0 Å². The van der Waals surface area contributed by atoms with Crippen molar-refractivity contribution in [2.75, 3.05) is 13.1 Å². The van der Waals surface area contributed by atoms with E-state index < -0.39 is 17.7 Å². The van der Waals surface area contributed by atoms with Crippen LogP contribution in [-0.4, -0.2) is 40.8 Å². The van der Waals surface area contributed by atoms with E-state index in [1.54, 1.807) is 0 Å². The molecule has 0 aromatic heterocycles. The summed E-state index contributed by atoms with van der Waals surface area (Å²) in [5.41, 5.74) is 1.35. The predicted molar refractivity (Wildman–Crippen MR) is 90.4 cm³/mol. The van der Waals surface area contributed by atoms with E-state index in [1.807, 2.05) is 51.1 Å². The number of carbonyl (C=O) groups excluding carboxylic acids is 1. The van der Waals surface area contributed by atoms with Gasteiger partial charge in [0, 0.05) is 18.8 Å². The lowest BCUT2D eigenvalue weighted by Gasteiger charge is -2.32. The molecule has 1 aromatic rings. The molecule has 1 amide bonds. The number of ether oxygens (including phenoxy) is 1. The molecular weight excluding hydrogens is 308 g/mol. The van der Waals surface area contributed by atoms with Crippen molar-refractivity contribution in [1.29, 1.82) is 0 Å². The topological polar surface area (TPSA) is 78.9 Å². The van der Waals surface area contributed by atoms with Gasteiger partial charge < -0.3 is 20.1 Å². The van der Waals surface area contributed by atoms with Gasteiger partial charge in [-0.15, -0.1) is 0 Å².